The largest absolute Gasteiger partial charge is 0.378 e. The van der Waals surface area contributed by atoms with Gasteiger partial charge in [0.15, 0.2) is 0 Å². The van der Waals surface area contributed by atoms with Crippen molar-refractivity contribution in [3.05, 3.63) is 0 Å². The fourth-order valence-electron chi connectivity index (χ4n) is 3.29. The molecule has 2 aliphatic heterocycles. The van der Waals surface area contributed by atoms with E-state index in [1.54, 1.807) is 0 Å². The van der Waals surface area contributed by atoms with Crippen LogP contribution in [0.4, 0.5) is 0 Å². The Morgan fingerprint density at radius 1 is 1.39 bits per heavy atom. The van der Waals surface area contributed by atoms with E-state index in [4.69, 9.17) is 15.3 Å². The Labute approximate surface area is 111 Å². The van der Waals surface area contributed by atoms with Crippen molar-refractivity contribution in [2.24, 2.45) is 17.2 Å². The van der Waals surface area contributed by atoms with Gasteiger partial charge in [-0.1, -0.05) is 20.8 Å². The van der Waals surface area contributed by atoms with E-state index in [-0.39, 0.29) is 5.60 Å². The van der Waals surface area contributed by atoms with E-state index in [1.807, 2.05) is 0 Å². The summed E-state index contributed by atoms with van der Waals surface area (Å²) in [5.41, 5.74) is 3.32. The van der Waals surface area contributed by atoms with Gasteiger partial charge in [0.25, 0.3) is 0 Å². The van der Waals surface area contributed by atoms with E-state index < -0.39 is 0 Å². The van der Waals surface area contributed by atoms with Gasteiger partial charge in [-0.15, -0.1) is 0 Å². The summed E-state index contributed by atoms with van der Waals surface area (Å²) >= 11 is 0. The molecule has 2 heterocycles. The lowest BCUT2D eigenvalue weighted by Crippen LogP contribution is -2.50. The number of nitrogens with one attached hydrogen (secondary N) is 1. The zero-order chi connectivity index (χ0) is 13.2. The van der Waals surface area contributed by atoms with Crippen LogP contribution in [0.3, 0.4) is 0 Å². The number of hydrogen-bond donors (Lipinski definition) is 2. The molecule has 1 spiro atoms. The van der Waals surface area contributed by atoms with Crippen molar-refractivity contribution in [2.75, 3.05) is 19.8 Å². The highest BCUT2D eigenvalue weighted by Crippen LogP contribution is 2.39. The van der Waals surface area contributed by atoms with Crippen LogP contribution >= 0.6 is 0 Å². The number of hydrazine groups is 1. The Morgan fingerprint density at radius 2 is 2.17 bits per heavy atom. The van der Waals surface area contributed by atoms with Crippen LogP contribution in [0.25, 0.3) is 0 Å². The van der Waals surface area contributed by atoms with E-state index in [0.29, 0.717) is 17.4 Å². The lowest BCUT2D eigenvalue weighted by molar-refractivity contribution is -0.104. The zero-order valence-electron chi connectivity index (χ0n) is 12.0. The first-order chi connectivity index (χ1) is 8.44. The van der Waals surface area contributed by atoms with Crippen molar-refractivity contribution in [3.8, 4) is 0 Å². The molecule has 2 saturated heterocycles. The van der Waals surface area contributed by atoms with Gasteiger partial charge in [0.05, 0.1) is 12.2 Å². The smallest absolute Gasteiger partial charge is 0.0939 e. The molecule has 2 aliphatic rings. The van der Waals surface area contributed by atoms with Crippen LogP contribution in [0, 0.1) is 11.3 Å². The average molecular weight is 256 g/mol. The number of rotatable bonds is 3. The van der Waals surface area contributed by atoms with Gasteiger partial charge in [-0.2, -0.15) is 0 Å². The van der Waals surface area contributed by atoms with Gasteiger partial charge < -0.3 is 9.47 Å². The highest BCUT2D eigenvalue weighted by atomic mass is 16.6. The molecule has 4 nitrogen and oxygen atoms in total. The molecule has 2 rings (SSSR count). The van der Waals surface area contributed by atoms with Crippen molar-refractivity contribution in [1.82, 2.24) is 5.43 Å². The average Bonchev–Trinajstić information content (AvgIpc) is 2.73. The second kappa shape index (κ2) is 5.45. The van der Waals surface area contributed by atoms with Gasteiger partial charge >= 0.3 is 0 Å². The summed E-state index contributed by atoms with van der Waals surface area (Å²) < 4.78 is 11.5. The van der Waals surface area contributed by atoms with Crippen molar-refractivity contribution in [2.45, 2.75) is 58.1 Å². The van der Waals surface area contributed by atoms with E-state index in [2.05, 4.69) is 26.2 Å². The van der Waals surface area contributed by atoms with Gasteiger partial charge in [0.2, 0.25) is 0 Å². The Hall–Kier alpha value is -0.160. The van der Waals surface area contributed by atoms with Crippen LogP contribution in [-0.2, 0) is 9.47 Å². The molecule has 3 unspecified atom stereocenters. The minimum absolute atomic E-state index is 0.0180. The molecule has 0 aromatic carbocycles. The number of hydrogen-bond acceptors (Lipinski definition) is 4. The lowest BCUT2D eigenvalue weighted by atomic mass is 9.76. The first-order valence-electron chi connectivity index (χ1n) is 7.12. The normalized spacial score (nSPS) is 35.0. The number of ether oxygens (including phenoxy) is 2. The van der Waals surface area contributed by atoms with E-state index in [0.717, 1.165) is 45.5 Å². The molecule has 0 aliphatic carbocycles. The molecule has 0 amide bonds. The minimum atomic E-state index is -0.0180. The third-order valence-electron chi connectivity index (χ3n) is 4.21. The fourth-order valence-corrected chi connectivity index (χ4v) is 3.29. The Kier molecular flexibility index (Phi) is 4.32. The second-order valence-corrected chi connectivity index (χ2v) is 7.12. The molecule has 18 heavy (non-hydrogen) atoms. The third kappa shape index (κ3) is 3.44. The maximum atomic E-state index is 5.99. The van der Waals surface area contributed by atoms with Crippen LogP contribution < -0.4 is 11.3 Å². The first kappa shape index (κ1) is 14.3. The molecule has 0 radical (unpaired) electrons. The minimum Gasteiger partial charge on any atom is -0.378 e. The fraction of sp³-hybridized carbons (Fsp3) is 1.00. The standard InChI is InChI=1S/C14H28N2O2/c1-13(2,3)9-12(16-15)11-4-6-18-14(8-11)5-7-17-10-14/h11-12,16H,4-10,15H2,1-3H3. The maximum absolute atomic E-state index is 5.99. The third-order valence-corrected chi connectivity index (χ3v) is 4.21. The molecule has 2 fully saturated rings. The Morgan fingerprint density at radius 3 is 2.72 bits per heavy atom. The van der Waals surface area contributed by atoms with Gasteiger partial charge in [0, 0.05) is 25.7 Å². The molecular formula is C14H28N2O2. The predicted molar refractivity (Wildman–Crippen MR) is 72.0 cm³/mol. The zero-order valence-corrected chi connectivity index (χ0v) is 12.0. The quantitative estimate of drug-likeness (QED) is 0.597. The van der Waals surface area contributed by atoms with Crippen LogP contribution in [0.15, 0.2) is 0 Å². The van der Waals surface area contributed by atoms with Crippen LogP contribution in [-0.4, -0.2) is 31.5 Å². The first-order valence-corrected chi connectivity index (χ1v) is 7.12. The van der Waals surface area contributed by atoms with E-state index in [9.17, 15) is 0 Å². The monoisotopic (exact) mass is 256 g/mol. The molecule has 0 aromatic heterocycles. The van der Waals surface area contributed by atoms with Crippen LogP contribution in [0.5, 0.6) is 0 Å². The SMILES string of the molecule is CC(C)(C)CC(NN)C1CCOC2(CCOC2)C1. The van der Waals surface area contributed by atoms with E-state index >= 15 is 0 Å². The molecular weight excluding hydrogens is 228 g/mol. The summed E-state index contributed by atoms with van der Waals surface area (Å²) in [5.74, 6) is 6.38. The van der Waals surface area contributed by atoms with E-state index in [1.165, 1.54) is 0 Å². The van der Waals surface area contributed by atoms with Gasteiger partial charge in [-0.25, -0.2) is 0 Å². The summed E-state index contributed by atoms with van der Waals surface area (Å²) in [7, 11) is 0. The van der Waals surface area contributed by atoms with Gasteiger partial charge in [-0.05, 0) is 30.6 Å². The molecule has 0 saturated carbocycles. The predicted octanol–water partition coefficient (Wildman–Crippen LogP) is 1.84. The van der Waals surface area contributed by atoms with Crippen molar-refractivity contribution >= 4 is 0 Å². The highest BCUT2D eigenvalue weighted by molar-refractivity contribution is 4.94. The van der Waals surface area contributed by atoms with Crippen molar-refractivity contribution in [3.63, 3.8) is 0 Å². The summed E-state index contributed by atoms with van der Waals surface area (Å²) in [6.07, 6.45) is 4.33. The van der Waals surface area contributed by atoms with Crippen LogP contribution in [0.2, 0.25) is 0 Å². The summed E-state index contributed by atoms with van der Waals surface area (Å²) in [6.45, 7) is 9.25. The van der Waals surface area contributed by atoms with Crippen molar-refractivity contribution in [1.29, 1.82) is 0 Å². The van der Waals surface area contributed by atoms with Crippen molar-refractivity contribution < 1.29 is 9.47 Å². The van der Waals surface area contributed by atoms with Gasteiger partial charge in [0.1, 0.15) is 0 Å². The van der Waals surface area contributed by atoms with Gasteiger partial charge in [-0.3, -0.25) is 11.3 Å². The summed E-state index contributed by atoms with van der Waals surface area (Å²) in [4.78, 5) is 0. The maximum Gasteiger partial charge on any atom is 0.0939 e. The highest BCUT2D eigenvalue weighted by Gasteiger charge is 2.43. The Balaban J connectivity index is 1.98. The molecule has 0 aromatic rings. The molecule has 106 valence electrons. The molecule has 3 N–H and O–H groups in total. The van der Waals surface area contributed by atoms with Crippen LogP contribution in [0.1, 0.15) is 46.5 Å². The Bertz CT molecular complexity index is 269. The lowest BCUT2D eigenvalue weighted by Gasteiger charge is -2.41. The summed E-state index contributed by atoms with van der Waals surface area (Å²) in [6, 6.07) is 0.381. The second-order valence-electron chi connectivity index (χ2n) is 7.12. The molecule has 0 bridgehead atoms. The molecule has 3 atom stereocenters. The topological polar surface area (TPSA) is 56.5 Å². The molecule has 4 heteroatoms. The summed E-state index contributed by atoms with van der Waals surface area (Å²) in [5, 5.41) is 0. The number of nitrogens with two attached hydrogens (primary N) is 1.